The van der Waals surface area contributed by atoms with Gasteiger partial charge >= 0.3 is 0 Å². The van der Waals surface area contributed by atoms with Crippen LogP contribution in [0.4, 0.5) is 0 Å². The molecular formula is C11H23NO2. The summed E-state index contributed by atoms with van der Waals surface area (Å²) in [6.07, 6.45) is 4.16. The summed E-state index contributed by atoms with van der Waals surface area (Å²) in [5, 5.41) is 3.31. The van der Waals surface area contributed by atoms with E-state index in [1.54, 1.807) is 0 Å². The quantitative estimate of drug-likeness (QED) is 0.634. The van der Waals surface area contributed by atoms with Gasteiger partial charge in [-0.15, -0.1) is 0 Å². The van der Waals surface area contributed by atoms with Crippen LogP contribution in [0.1, 0.15) is 33.1 Å². The molecule has 84 valence electrons. The van der Waals surface area contributed by atoms with Gasteiger partial charge in [-0.25, -0.2) is 0 Å². The summed E-state index contributed by atoms with van der Waals surface area (Å²) in [6.45, 7) is 7.89. The first-order valence-electron chi connectivity index (χ1n) is 5.80. The predicted molar refractivity (Wildman–Crippen MR) is 57.5 cm³/mol. The standard InChI is InChI=1S/C11H23NO2/c1-3-7-13-9-11-6-5-10(14-11)8-12-4-2/h10-12H,3-9H2,1-2H3. The van der Waals surface area contributed by atoms with Crippen molar-refractivity contribution in [1.29, 1.82) is 0 Å². The van der Waals surface area contributed by atoms with Gasteiger partial charge in [0.1, 0.15) is 0 Å². The Labute approximate surface area is 87.2 Å². The van der Waals surface area contributed by atoms with Crippen LogP contribution in [0.5, 0.6) is 0 Å². The van der Waals surface area contributed by atoms with Crippen molar-refractivity contribution in [3.05, 3.63) is 0 Å². The first-order chi connectivity index (χ1) is 6.86. The topological polar surface area (TPSA) is 30.5 Å². The normalized spacial score (nSPS) is 27.0. The summed E-state index contributed by atoms with van der Waals surface area (Å²) < 4.78 is 11.3. The lowest BCUT2D eigenvalue weighted by Gasteiger charge is -2.13. The molecule has 2 unspecified atom stereocenters. The molecule has 1 aliphatic heterocycles. The number of hydrogen-bond acceptors (Lipinski definition) is 3. The molecular weight excluding hydrogens is 178 g/mol. The van der Waals surface area contributed by atoms with Gasteiger partial charge in [0.2, 0.25) is 0 Å². The van der Waals surface area contributed by atoms with Crippen molar-refractivity contribution in [2.75, 3.05) is 26.3 Å². The van der Waals surface area contributed by atoms with Gasteiger partial charge in [0, 0.05) is 13.2 Å². The minimum absolute atomic E-state index is 0.338. The molecule has 0 saturated carbocycles. The summed E-state index contributed by atoms with van der Waals surface area (Å²) in [5.41, 5.74) is 0. The molecule has 3 heteroatoms. The molecule has 14 heavy (non-hydrogen) atoms. The third-order valence-electron chi connectivity index (χ3n) is 2.47. The number of nitrogens with one attached hydrogen (secondary N) is 1. The largest absolute Gasteiger partial charge is 0.379 e. The lowest BCUT2D eigenvalue weighted by atomic mass is 10.2. The fraction of sp³-hybridized carbons (Fsp3) is 1.00. The van der Waals surface area contributed by atoms with Crippen LogP contribution in [-0.2, 0) is 9.47 Å². The van der Waals surface area contributed by atoms with Gasteiger partial charge in [0.05, 0.1) is 18.8 Å². The molecule has 1 aliphatic rings. The van der Waals surface area contributed by atoms with Crippen LogP contribution >= 0.6 is 0 Å². The van der Waals surface area contributed by atoms with E-state index < -0.39 is 0 Å². The maximum absolute atomic E-state index is 5.82. The molecule has 0 bridgehead atoms. The van der Waals surface area contributed by atoms with Crippen molar-refractivity contribution in [2.45, 2.75) is 45.3 Å². The summed E-state index contributed by atoms with van der Waals surface area (Å²) in [6, 6.07) is 0. The van der Waals surface area contributed by atoms with Gasteiger partial charge in [-0.05, 0) is 25.8 Å². The van der Waals surface area contributed by atoms with E-state index in [4.69, 9.17) is 9.47 Å². The van der Waals surface area contributed by atoms with Crippen molar-refractivity contribution in [1.82, 2.24) is 5.32 Å². The minimum atomic E-state index is 0.338. The van der Waals surface area contributed by atoms with Crippen LogP contribution in [0.25, 0.3) is 0 Å². The van der Waals surface area contributed by atoms with E-state index in [0.29, 0.717) is 12.2 Å². The Hall–Kier alpha value is -0.120. The van der Waals surface area contributed by atoms with Crippen LogP contribution < -0.4 is 5.32 Å². The summed E-state index contributed by atoms with van der Waals surface area (Å²) >= 11 is 0. The molecule has 2 atom stereocenters. The van der Waals surface area contributed by atoms with E-state index in [1.807, 2.05) is 0 Å². The second-order valence-electron chi connectivity index (χ2n) is 3.84. The van der Waals surface area contributed by atoms with Crippen molar-refractivity contribution in [2.24, 2.45) is 0 Å². The van der Waals surface area contributed by atoms with Crippen molar-refractivity contribution in [3.63, 3.8) is 0 Å². The van der Waals surface area contributed by atoms with E-state index in [2.05, 4.69) is 19.2 Å². The molecule has 1 rings (SSSR count). The Kier molecular flexibility index (Phi) is 6.15. The van der Waals surface area contributed by atoms with Gasteiger partial charge in [0.15, 0.2) is 0 Å². The van der Waals surface area contributed by atoms with Gasteiger partial charge in [0.25, 0.3) is 0 Å². The monoisotopic (exact) mass is 201 g/mol. The second kappa shape index (κ2) is 7.21. The van der Waals surface area contributed by atoms with E-state index in [9.17, 15) is 0 Å². The zero-order valence-corrected chi connectivity index (χ0v) is 9.42. The summed E-state index contributed by atoms with van der Waals surface area (Å²) in [7, 11) is 0. The van der Waals surface area contributed by atoms with Crippen LogP contribution in [0, 0.1) is 0 Å². The number of hydrogen-bond donors (Lipinski definition) is 1. The Balaban J connectivity index is 2.02. The molecule has 0 radical (unpaired) electrons. The molecule has 0 amide bonds. The molecule has 0 aromatic heterocycles. The zero-order chi connectivity index (χ0) is 10.2. The zero-order valence-electron chi connectivity index (χ0n) is 9.42. The molecule has 3 nitrogen and oxygen atoms in total. The SMILES string of the molecule is CCCOCC1CCC(CNCC)O1. The Morgan fingerprint density at radius 1 is 1.29 bits per heavy atom. The van der Waals surface area contributed by atoms with E-state index in [-0.39, 0.29) is 0 Å². The van der Waals surface area contributed by atoms with Crippen LogP contribution in [0.15, 0.2) is 0 Å². The molecule has 0 aromatic carbocycles. The number of rotatable bonds is 7. The molecule has 1 N–H and O–H groups in total. The summed E-state index contributed by atoms with van der Waals surface area (Å²) in [5.74, 6) is 0. The van der Waals surface area contributed by atoms with E-state index in [0.717, 1.165) is 39.1 Å². The molecule has 1 heterocycles. The number of ether oxygens (including phenoxy) is 2. The fourth-order valence-electron chi connectivity index (χ4n) is 1.72. The molecule has 0 spiro atoms. The van der Waals surface area contributed by atoms with Crippen molar-refractivity contribution >= 4 is 0 Å². The van der Waals surface area contributed by atoms with Crippen LogP contribution in [-0.4, -0.2) is 38.5 Å². The highest BCUT2D eigenvalue weighted by atomic mass is 16.5. The third-order valence-corrected chi connectivity index (χ3v) is 2.47. The average molecular weight is 201 g/mol. The molecule has 0 aromatic rings. The number of likely N-dealkylation sites (N-methyl/N-ethyl adjacent to an activating group) is 1. The smallest absolute Gasteiger partial charge is 0.0813 e. The third kappa shape index (κ3) is 4.40. The molecule has 0 aliphatic carbocycles. The second-order valence-corrected chi connectivity index (χ2v) is 3.84. The maximum Gasteiger partial charge on any atom is 0.0813 e. The van der Waals surface area contributed by atoms with Gasteiger partial charge in [-0.1, -0.05) is 13.8 Å². The van der Waals surface area contributed by atoms with Gasteiger partial charge in [-0.2, -0.15) is 0 Å². The maximum atomic E-state index is 5.82. The first-order valence-corrected chi connectivity index (χ1v) is 5.80. The average Bonchev–Trinajstić information content (AvgIpc) is 2.63. The van der Waals surface area contributed by atoms with E-state index >= 15 is 0 Å². The molecule has 1 saturated heterocycles. The van der Waals surface area contributed by atoms with Crippen LogP contribution in [0.3, 0.4) is 0 Å². The van der Waals surface area contributed by atoms with Gasteiger partial charge in [-0.3, -0.25) is 0 Å². The highest BCUT2D eigenvalue weighted by Gasteiger charge is 2.24. The lowest BCUT2D eigenvalue weighted by Crippen LogP contribution is -2.27. The highest BCUT2D eigenvalue weighted by Crippen LogP contribution is 2.19. The van der Waals surface area contributed by atoms with Crippen molar-refractivity contribution in [3.8, 4) is 0 Å². The Morgan fingerprint density at radius 2 is 2.07 bits per heavy atom. The van der Waals surface area contributed by atoms with Gasteiger partial charge < -0.3 is 14.8 Å². The van der Waals surface area contributed by atoms with Crippen LogP contribution in [0.2, 0.25) is 0 Å². The lowest BCUT2D eigenvalue weighted by molar-refractivity contribution is -0.0139. The first kappa shape index (κ1) is 12.0. The Morgan fingerprint density at radius 3 is 2.79 bits per heavy atom. The molecule has 1 fully saturated rings. The Bertz CT molecular complexity index is 141. The summed E-state index contributed by atoms with van der Waals surface area (Å²) in [4.78, 5) is 0. The van der Waals surface area contributed by atoms with Crippen molar-refractivity contribution < 1.29 is 9.47 Å². The predicted octanol–water partition coefficient (Wildman–Crippen LogP) is 1.57. The minimum Gasteiger partial charge on any atom is -0.379 e. The van der Waals surface area contributed by atoms with E-state index in [1.165, 1.54) is 6.42 Å². The fourth-order valence-corrected chi connectivity index (χ4v) is 1.72. The highest BCUT2D eigenvalue weighted by molar-refractivity contribution is 4.74.